The number of carbonyl (C=O) groups excluding carboxylic acids is 1. The van der Waals surface area contributed by atoms with Crippen molar-refractivity contribution >= 4 is 11.7 Å². The van der Waals surface area contributed by atoms with Crippen LogP contribution in [0.4, 0.5) is 5.82 Å². The number of ether oxygens (including phenoxy) is 2. The molecule has 2 rings (SSSR count). The van der Waals surface area contributed by atoms with Crippen molar-refractivity contribution in [2.45, 2.75) is 26.3 Å². The van der Waals surface area contributed by atoms with E-state index in [1.54, 1.807) is 31.4 Å². The molecule has 1 aromatic carbocycles. The van der Waals surface area contributed by atoms with Gasteiger partial charge in [-0.1, -0.05) is 13.0 Å². The smallest absolute Gasteiger partial charge is 0.242 e. The van der Waals surface area contributed by atoms with Crippen molar-refractivity contribution < 1.29 is 14.3 Å². The molecular weight excluding hydrogens is 294 g/mol. The summed E-state index contributed by atoms with van der Waals surface area (Å²) in [4.78, 5) is 16.1. The van der Waals surface area contributed by atoms with E-state index in [-0.39, 0.29) is 5.91 Å². The van der Waals surface area contributed by atoms with Gasteiger partial charge in [0.05, 0.1) is 13.2 Å². The van der Waals surface area contributed by atoms with Crippen molar-refractivity contribution in [1.82, 2.24) is 4.98 Å². The first-order chi connectivity index (χ1) is 11.0. The van der Waals surface area contributed by atoms with Gasteiger partial charge in [0.15, 0.2) is 0 Å². The highest BCUT2D eigenvalue weighted by Gasteiger charge is 2.12. The summed E-state index contributed by atoms with van der Waals surface area (Å²) in [7, 11) is 1.60. The van der Waals surface area contributed by atoms with Crippen LogP contribution in [0.2, 0.25) is 0 Å². The average molecular weight is 315 g/mol. The molecule has 0 spiro atoms. The Kier molecular flexibility index (Phi) is 5.54. The van der Waals surface area contributed by atoms with Gasteiger partial charge in [-0.15, -0.1) is 0 Å². The van der Waals surface area contributed by atoms with Crippen molar-refractivity contribution in [1.29, 1.82) is 0 Å². The highest BCUT2D eigenvalue weighted by Crippen LogP contribution is 2.26. The van der Waals surface area contributed by atoms with E-state index in [4.69, 9.17) is 15.2 Å². The third-order valence-corrected chi connectivity index (χ3v) is 3.23. The molecule has 0 aliphatic carbocycles. The van der Waals surface area contributed by atoms with Gasteiger partial charge in [0.25, 0.3) is 0 Å². The monoisotopic (exact) mass is 315 g/mol. The van der Waals surface area contributed by atoms with Crippen molar-refractivity contribution in [2.24, 2.45) is 5.73 Å². The zero-order chi connectivity index (χ0) is 16.8. The number of anilines is 1. The predicted octanol–water partition coefficient (Wildman–Crippen LogP) is 2.87. The Hall–Kier alpha value is -2.60. The molecule has 23 heavy (non-hydrogen) atoms. The van der Waals surface area contributed by atoms with Crippen molar-refractivity contribution in [3.05, 3.63) is 42.0 Å². The second-order valence-electron chi connectivity index (χ2n) is 5.15. The number of aromatic nitrogens is 1. The van der Waals surface area contributed by atoms with Gasteiger partial charge in [-0.3, -0.25) is 4.79 Å². The van der Waals surface area contributed by atoms with Gasteiger partial charge >= 0.3 is 0 Å². The lowest BCUT2D eigenvalue weighted by molar-refractivity contribution is -0.117. The highest BCUT2D eigenvalue weighted by atomic mass is 16.5. The minimum absolute atomic E-state index is 0.269. The molecule has 6 nitrogen and oxygen atoms in total. The second kappa shape index (κ2) is 7.60. The summed E-state index contributed by atoms with van der Waals surface area (Å²) in [5.41, 5.74) is 6.70. The van der Waals surface area contributed by atoms with Crippen LogP contribution in [-0.4, -0.2) is 24.0 Å². The molecule has 6 heteroatoms. The summed E-state index contributed by atoms with van der Waals surface area (Å²) < 4.78 is 11.0. The topological polar surface area (TPSA) is 86.5 Å². The molecule has 0 aliphatic heterocycles. The van der Waals surface area contributed by atoms with E-state index < -0.39 is 6.04 Å². The first-order valence-electron chi connectivity index (χ1n) is 7.39. The fourth-order valence-corrected chi connectivity index (χ4v) is 1.96. The van der Waals surface area contributed by atoms with E-state index in [1.807, 2.05) is 26.0 Å². The largest absolute Gasteiger partial charge is 0.497 e. The van der Waals surface area contributed by atoms with Crippen LogP contribution in [0.3, 0.4) is 0 Å². The Morgan fingerprint density at radius 1 is 1.30 bits per heavy atom. The number of hydrogen-bond acceptors (Lipinski definition) is 5. The standard InChI is InChI=1S/C17H21N3O3/c1-4-14(18)17(21)20-15-6-5-7-16(19-15)23-13-9-11(2)8-12(10-13)22-3/h5-10,14H,4,18H2,1-3H3,(H,19,20,21)/t14-/m1/s1. The van der Waals surface area contributed by atoms with Gasteiger partial charge < -0.3 is 20.5 Å². The number of benzene rings is 1. The van der Waals surface area contributed by atoms with Gasteiger partial charge in [-0.05, 0) is 37.1 Å². The molecule has 0 unspecified atom stereocenters. The van der Waals surface area contributed by atoms with E-state index in [0.29, 0.717) is 29.6 Å². The zero-order valence-corrected chi connectivity index (χ0v) is 13.5. The third kappa shape index (κ3) is 4.69. The normalized spacial score (nSPS) is 11.7. The van der Waals surface area contributed by atoms with Crippen LogP contribution < -0.4 is 20.5 Å². The van der Waals surface area contributed by atoms with Crippen molar-refractivity contribution in [3.8, 4) is 17.4 Å². The van der Waals surface area contributed by atoms with Gasteiger partial charge in [0.2, 0.25) is 11.8 Å². The lowest BCUT2D eigenvalue weighted by atomic mass is 10.2. The average Bonchev–Trinajstić information content (AvgIpc) is 2.53. The van der Waals surface area contributed by atoms with E-state index in [1.165, 1.54) is 0 Å². The summed E-state index contributed by atoms with van der Waals surface area (Å²) in [5, 5.41) is 2.67. The number of rotatable bonds is 6. The Morgan fingerprint density at radius 2 is 2.04 bits per heavy atom. The second-order valence-corrected chi connectivity index (χ2v) is 5.15. The maximum atomic E-state index is 11.8. The van der Waals surface area contributed by atoms with Crippen LogP contribution in [0.15, 0.2) is 36.4 Å². The molecule has 0 bridgehead atoms. The quantitative estimate of drug-likeness (QED) is 0.856. The minimum atomic E-state index is -0.553. The first-order valence-corrected chi connectivity index (χ1v) is 7.39. The van der Waals surface area contributed by atoms with E-state index in [2.05, 4.69) is 10.3 Å². The summed E-state index contributed by atoms with van der Waals surface area (Å²) in [6.45, 7) is 3.80. The molecule has 0 fully saturated rings. The maximum Gasteiger partial charge on any atom is 0.242 e. The fourth-order valence-electron chi connectivity index (χ4n) is 1.96. The van der Waals surface area contributed by atoms with Gasteiger partial charge in [0, 0.05) is 12.1 Å². The van der Waals surface area contributed by atoms with Crippen LogP contribution in [0.5, 0.6) is 17.4 Å². The summed E-state index contributed by atoms with van der Waals surface area (Å²) >= 11 is 0. The van der Waals surface area contributed by atoms with Crippen LogP contribution in [0.1, 0.15) is 18.9 Å². The molecule has 0 radical (unpaired) electrons. The summed E-state index contributed by atoms with van der Waals surface area (Å²) in [5.74, 6) is 1.83. The predicted molar refractivity (Wildman–Crippen MR) is 88.9 cm³/mol. The SMILES string of the molecule is CC[C@@H](N)C(=O)Nc1cccc(Oc2cc(C)cc(OC)c2)n1. The van der Waals surface area contributed by atoms with Crippen LogP contribution >= 0.6 is 0 Å². The number of aryl methyl sites for hydroxylation is 1. The summed E-state index contributed by atoms with van der Waals surface area (Å²) in [6, 6.07) is 10.2. The fraction of sp³-hybridized carbons (Fsp3) is 0.294. The maximum absolute atomic E-state index is 11.8. The first kappa shape index (κ1) is 16.8. The van der Waals surface area contributed by atoms with Gasteiger partial charge in [-0.2, -0.15) is 4.98 Å². The van der Waals surface area contributed by atoms with Gasteiger partial charge in [0.1, 0.15) is 17.3 Å². The number of nitrogens with two attached hydrogens (primary N) is 1. The number of nitrogens with zero attached hydrogens (tertiary/aromatic N) is 1. The minimum Gasteiger partial charge on any atom is -0.497 e. The number of hydrogen-bond donors (Lipinski definition) is 2. The number of carbonyl (C=O) groups is 1. The molecule has 0 aliphatic rings. The molecule has 1 aromatic heterocycles. The molecule has 3 N–H and O–H groups in total. The Bertz CT molecular complexity index is 689. The molecule has 1 heterocycles. The molecule has 2 aromatic rings. The molecule has 1 atom stereocenters. The number of methoxy groups -OCH3 is 1. The van der Waals surface area contributed by atoms with Crippen LogP contribution in [-0.2, 0) is 4.79 Å². The zero-order valence-electron chi connectivity index (χ0n) is 13.5. The number of nitrogens with one attached hydrogen (secondary N) is 1. The van der Waals surface area contributed by atoms with Gasteiger partial charge in [-0.25, -0.2) is 0 Å². The van der Waals surface area contributed by atoms with E-state index >= 15 is 0 Å². The molecule has 1 amide bonds. The number of amides is 1. The molecule has 0 saturated carbocycles. The Morgan fingerprint density at radius 3 is 2.74 bits per heavy atom. The van der Waals surface area contributed by atoms with Crippen LogP contribution in [0.25, 0.3) is 0 Å². The third-order valence-electron chi connectivity index (χ3n) is 3.23. The molecular formula is C17H21N3O3. The molecule has 122 valence electrons. The Balaban J connectivity index is 2.14. The van der Waals surface area contributed by atoms with Crippen molar-refractivity contribution in [2.75, 3.05) is 12.4 Å². The van der Waals surface area contributed by atoms with E-state index in [9.17, 15) is 4.79 Å². The van der Waals surface area contributed by atoms with Crippen LogP contribution in [0, 0.1) is 6.92 Å². The lowest BCUT2D eigenvalue weighted by Gasteiger charge is -2.11. The highest BCUT2D eigenvalue weighted by molar-refractivity contribution is 5.93. The Labute approximate surface area is 135 Å². The number of pyridine rings is 1. The van der Waals surface area contributed by atoms with E-state index in [0.717, 1.165) is 5.56 Å². The molecule has 0 saturated heterocycles. The van der Waals surface area contributed by atoms with Crippen molar-refractivity contribution in [3.63, 3.8) is 0 Å². The summed E-state index contributed by atoms with van der Waals surface area (Å²) in [6.07, 6.45) is 0.561. The lowest BCUT2D eigenvalue weighted by Crippen LogP contribution is -2.35.